The number of fused-ring (bicyclic) bond motifs is 1. The number of allylic oxidation sites excluding steroid dienone is 1. The van der Waals surface area contributed by atoms with Gasteiger partial charge in [-0.15, -0.1) is 0 Å². The summed E-state index contributed by atoms with van der Waals surface area (Å²) in [6, 6.07) is 21.8. The van der Waals surface area contributed by atoms with Crippen LogP contribution in [0, 0.1) is 0 Å². The van der Waals surface area contributed by atoms with Gasteiger partial charge in [-0.2, -0.15) is 0 Å². The fourth-order valence-corrected chi connectivity index (χ4v) is 4.34. The summed E-state index contributed by atoms with van der Waals surface area (Å²) in [5, 5.41) is 0. The Morgan fingerprint density at radius 3 is 2.24 bits per heavy atom. The highest BCUT2D eigenvalue weighted by atomic mass is 79.9. The third kappa shape index (κ3) is 4.39. The third-order valence-electron chi connectivity index (χ3n) is 5.62. The molecule has 0 N–H and O–H groups in total. The molecule has 0 spiro atoms. The van der Waals surface area contributed by atoms with Crippen molar-refractivity contribution < 1.29 is 19.1 Å². The Morgan fingerprint density at radius 2 is 1.61 bits per heavy atom. The molecule has 166 valence electrons. The number of ketones is 1. The number of benzene rings is 3. The number of carbonyl (C=O) groups excluding carboxylic acids is 3. The largest absolute Gasteiger partial charge is 0.465 e. The minimum atomic E-state index is -0.473. The highest BCUT2D eigenvalue weighted by Gasteiger charge is 2.33. The quantitative estimate of drug-likeness (QED) is 0.423. The predicted molar refractivity (Wildman–Crippen MR) is 130 cm³/mol. The molecule has 0 aromatic heterocycles. The number of hydrogen-bond donors (Lipinski definition) is 0. The van der Waals surface area contributed by atoms with E-state index in [2.05, 4.69) is 15.9 Å². The fraction of sp³-hybridized carbons (Fsp3) is 0.148. The maximum absolute atomic E-state index is 13.6. The molecule has 0 radical (unpaired) electrons. The number of esters is 1. The molecule has 1 aliphatic heterocycles. The van der Waals surface area contributed by atoms with Crippen molar-refractivity contribution in [3.63, 3.8) is 0 Å². The van der Waals surface area contributed by atoms with Crippen molar-refractivity contribution in [2.45, 2.75) is 19.9 Å². The van der Waals surface area contributed by atoms with Crippen molar-refractivity contribution in [3.05, 3.63) is 111 Å². The number of rotatable bonds is 5. The first kappa shape index (κ1) is 22.7. The number of amides is 1. The molecule has 0 unspecified atom stereocenters. The zero-order valence-corrected chi connectivity index (χ0v) is 19.9. The van der Waals surface area contributed by atoms with E-state index in [-0.39, 0.29) is 24.7 Å². The zero-order valence-electron chi connectivity index (χ0n) is 18.3. The van der Waals surface area contributed by atoms with Crippen LogP contribution < -0.4 is 0 Å². The first-order valence-electron chi connectivity index (χ1n) is 10.6. The Bertz CT molecular complexity index is 1260. The summed E-state index contributed by atoms with van der Waals surface area (Å²) in [5.74, 6) is -0.885. The monoisotopic (exact) mass is 503 g/mol. The Balaban J connectivity index is 1.89. The molecular weight excluding hydrogens is 482 g/mol. The molecule has 0 fully saturated rings. The molecule has 3 aromatic rings. The second kappa shape index (κ2) is 9.55. The molecule has 33 heavy (non-hydrogen) atoms. The summed E-state index contributed by atoms with van der Waals surface area (Å²) in [4.78, 5) is 40.2. The SMILES string of the molecule is CCC(=O)C1=C(c2ccccc2)c2cc(Br)ccc2CN1C(=O)c1ccc(C(=O)OC)cc1. The molecular formula is C27H22BrNO4. The smallest absolute Gasteiger partial charge is 0.337 e. The third-order valence-corrected chi connectivity index (χ3v) is 6.12. The standard InChI is InChI=1S/C27H22BrNO4/c1-3-23(30)25-24(17-7-5-4-6-8-17)22-15-21(28)14-13-20(22)16-29(25)26(31)18-9-11-19(12-10-18)27(32)33-2/h4-15H,3,16H2,1-2H3. The van der Waals surface area contributed by atoms with Crippen LogP contribution in [0.1, 0.15) is 50.8 Å². The molecule has 0 atom stereocenters. The van der Waals surface area contributed by atoms with Gasteiger partial charge in [0.25, 0.3) is 5.91 Å². The summed E-state index contributed by atoms with van der Waals surface area (Å²) in [5.41, 5.74) is 4.61. The molecule has 4 rings (SSSR count). The van der Waals surface area contributed by atoms with Gasteiger partial charge in [0.1, 0.15) is 0 Å². The van der Waals surface area contributed by atoms with Crippen LogP contribution in [0.5, 0.6) is 0 Å². The number of nitrogens with zero attached hydrogens (tertiary/aromatic N) is 1. The van der Waals surface area contributed by atoms with Crippen molar-refractivity contribution in [3.8, 4) is 0 Å². The lowest BCUT2D eigenvalue weighted by molar-refractivity contribution is -0.116. The van der Waals surface area contributed by atoms with Gasteiger partial charge in [-0.3, -0.25) is 14.5 Å². The van der Waals surface area contributed by atoms with Gasteiger partial charge in [0.2, 0.25) is 0 Å². The Morgan fingerprint density at radius 1 is 0.939 bits per heavy atom. The topological polar surface area (TPSA) is 63.7 Å². The van der Waals surface area contributed by atoms with E-state index in [9.17, 15) is 14.4 Å². The molecule has 5 nitrogen and oxygen atoms in total. The van der Waals surface area contributed by atoms with Crippen LogP contribution in [0.3, 0.4) is 0 Å². The maximum atomic E-state index is 13.6. The van der Waals surface area contributed by atoms with Gasteiger partial charge < -0.3 is 4.74 Å². The van der Waals surface area contributed by atoms with Crippen molar-refractivity contribution in [1.29, 1.82) is 0 Å². The van der Waals surface area contributed by atoms with Crippen molar-refractivity contribution in [2.75, 3.05) is 7.11 Å². The molecule has 0 bridgehead atoms. The van der Waals surface area contributed by atoms with Crippen LogP contribution in [0.15, 0.2) is 83.0 Å². The summed E-state index contributed by atoms with van der Waals surface area (Å²) < 4.78 is 5.64. The number of ether oxygens (including phenoxy) is 1. The first-order valence-corrected chi connectivity index (χ1v) is 11.4. The van der Waals surface area contributed by atoms with Gasteiger partial charge in [-0.05, 0) is 53.1 Å². The van der Waals surface area contributed by atoms with Crippen LogP contribution in [-0.2, 0) is 16.1 Å². The molecule has 0 saturated heterocycles. The van der Waals surface area contributed by atoms with E-state index < -0.39 is 5.97 Å². The average molecular weight is 504 g/mol. The lowest BCUT2D eigenvalue weighted by Crippen LogP contribution is -2.37. The van der Waals surface area contributed by atoms with E-state index in [1.165, 1.54) is 7.11 Å². The normalized spacial score (nSPS) is 12.9. The Hall–Kier alpha value is -3.51. The summed E-state index contributed by atoms with van der Waals surface area (Å²) in [6.45, 7) is 2.07. The molecule has 3 aromatic carbocycles. The van der Waals surface area contributed by atoms with E-state index in [1.54, 1.807) is 36.1 Å². The first-order chi connectivity index (χ1) is 15.9. The number of Topliss-reactive ketones (excluding diaryl/α,β-unsaturated/α-hetero) is 1. The molecule has 6 heteroatoms. The van der Waals surface area contributed by atoms with Gasteiger partial charge in [0.15, 0.2) is 5.78 Å². The van der Waals surface area contributed by atoms with Gasteiger partial charge in [-0.25, -0.2) is 4.79 Å². The highest BCUT2D eigenvalue weighted by molar-refractivity contribution is 9.10. The number of hydrogen-bond acceptors (Lipinski definition) is 4. The summed E-state index contributed by atoms with van der Waals surface area (Å²) in [6.07, 6.45) is 0.264. The van der Waals surface area contributed by atoms with Gasteiger partial charge >= 0.3 is 5.97 Å². The summed E-state index contributed by atoms with van der Waals surface area (Å²) in [7, 11) is 1.31. The van der Waals surface area contributed by atoms with Crippen LogP contribution in [-0.4, -0.2) is 29.7 Å². The van der Waals surface area contributed by atoms with Gasteiger partial charge in [0.05, 0.1) is 24.9 Å². The predicted octanol–water partition coefficient (Wildman–Crippen LogP) is 5.63. The number of halogens is 1. The van der Waals surface area contributed by atoms with Crippen molar-refractivity contribution in [2.24, 2.45) is 0 Å². The molecule has 1 heterocycles. The van der Waals surface area contributed by atoms with E-state index in [0.29, 0.717) is 16.8 Å². The minimum absolute atomic E-state index is 0.112. The molecule has 0 saturated carbocycles. The summed E-state index contributed by atoms with van der Waals surface area (Å²) >= 11 is 3.54. The second-order valence-electron chi connectivity index (χ2n) is 7.63. The molecule has 1 aliphatic rings. The number of methoxy groups -OCH3 is 1. The van der Waals surface area contributed by atoms with Crippen LogP contribution >= 0.6 is 15.9 Å². The van der Waals surface area contributed by atoms with Crippen molar-refractivity contribution >= 4 is 39.2 Å². The van der Waals surface area contributed by atoms with E-state index in [1.807, 2.05) is 48.5 Å². The Labute approximate surface area is 200 Å². The van der Waals surface area contributed by atoms with Crippen molar-refractivity contribution in [1.82, 2.24) is 4.90 Å². The molecule has 1 amide bonds. The fourth-order valence-electron chi connectivity index (χ4n) is 3.98. The maximum Gasteiger partial charge on any atom is 0.337 e. The van der Waals surface area contributed by atoms with Crippen LogP contribution in [0.4, 0.5) is 0 Å². The average Bonchev–Trinajstić information content (AvgIpc) is 2.86. The van der Waals surface area contributed by atoms with Crippen LogP contribution in [0.25, 0.3) is 5.57 Å². The van der Waals surface area contributed by atoms with E-state index in [4.69, 9.17) is 4.74 Å². The van der Waals surface area contributed by atoms with Gasteiger partial charge in [0, 0.05) is 22.0 Å². The highest BCUT2D eigenvalue weighted by Crippen LogP contribution is 2.39. The van der Waals surface area contributed by atoms with Crippen LogP contribution in [0.2, 0.25) is 0 Å². The lowest BCUT2D eigenvalue weighted by Gasteiger charge is -2.33. The van der Waals surface area contributed by atoms with E-state index in [0.717, 1.165) is 26.7 Å². The number of carbonyl (C=O) groups is 3. The van der Waals surface area contributed by atoms with Gasteiger partial charge in [-0.1, -0.05) is 59.3 Å². The second-order valence-corrected chi connectivity index (χ2v) is 8.54. The minimum Gasteiger partial charge on any atom is -0.465 e. The van der Waals surface area contributed by atoms with E-state index >= 15 is 0 Å². The Kier molecular flexibility index (Phi) is 6.56. The zero-order chi connectivity index (χ0) is 23.5. The molecule has 0 aliphatic carbocycles. The lowest BCUT2D eigenvalue weighted by atomic mass is 9.86.